The number of rotatable bonds is 6. The number of amides is 2. The van der Waals surface area contributed by atoms with Gasteiger partial charge in [-0.1, -0.05) is 47.0 Å². The lowest BCUT2D eigenvalue weighted by molar-refractivity contribution is -0.122. The van der Waals surface area contributed by atoms with Gasteiger partial charge in [0.25, 0.3) is 0 Å². The third-order valence-electron chi connectivity index (χ3n) is 4.59. The fourth-order valence-corrected chi connectivity index (χ4v) is 3.46. The van der Waals surface area contributed by atoms with Crippen molar-refractivity contribution in [3.63, 3.8) is 0 Å². The number of anilines is 2. The fraction of sp³-hybridized carbons (Fsp3) is 0.333. The van der Waals surface area contributed by atoms with Gasteiger partial charge in [-0.2, -0.15) is 0 Å². The summed E-state index contributed by atoms with van der Waals surface area (Å²) in [5, 5.41) is 6.40. The standard InChI is InChI=1S/C21H25Cl2N3O2/c1-12-9-13(2)19(14(3)10-12)25-21(28)15(4)26(5)11-18(27)24-20-16(22)7-6-8-17(20)23/h6-10,15H,11H2,1-5H3,(H,24,27)(H,25,28)/t15-/m1/s1. The van der Waals surface area contributed by atoms with Gasteiger partial charge in [-0.3, -0.25) is 14.5 Å². The molecule has 0 unspecified atom stereocenters. The van der Waals surface area contributed by atoms with Crippen LogP contribution in [0.2, 0.25) is 10.0 Å². The minimum Gasteiger partial charge on any atom is -0.324 e. The third kappa shape index (κ3) is 5.47. The zero-order valence-electron chi connectivity index (χ0n) is 16.7. The quantitative estimate of drug-likeness (QED) is 0.702. The van der Waals surface area contributed by atoms with E-state index in [2.05, 4.69) is 10.6 Å². The smallest absolute Gasteiger partial charge is 0.241 e. The summed E-state index contributed by atoms with van der Waals surface area (Å²) in [6.07, 6.45) is 0. The Bertz CT molecular complexity index is 856. The van der Waals surface area contributed by atoms with Crippen molar-refractivity contribution in [2.24, 2.45) is 0 Å². The number of para-hydroxylation sites is 1. The number of nitrogens with one attached hydrogen (secondary N) is 2. The lowest BCUT2D eigenvalue weighted by atomic mass is 10.0. The summed E-state index contributed by atoms with van der Waals surface area (Å²) in [7, 11) is 1.72. The maximum Gasteiger partial charge on any atom is 0.241 e. The summed E-state index contributed by atoms with van der Waals surface area (Å²) in [6, 6.07) is 8.54. The molecule has 1 atom stereocenters. The Labute approximate surface area is 176 Å². The maximum absolute atomic E-state index is 12.7. The number of aryl methyl sites for hydroxylation is 3. The number of hydrogen-bond acceptors (Lipinski definition) is 3. The summed E-state index contributed by atoms with van der Waals surface area (Å²) in [6.45, 7) is 7.72. The third-order valence-corrected chi connectivity index (χ3v) is 5.22. The van der Waals surface area contributed by atoms with Crippen molar-refractivity contribution in [2.75, 3.05) is 24.2 Å². The normalized spacial score (nSPS) is 12.0. The van der Waals surface area contributed by atoms with E-state index in [0.717, 1.165) is 22.4 Å². The summed E-state index contributed by atoms with van der Waals surface area (Å²) in [5.41, 5.74) is 4.34. The van der Waals surface area contributed by atoms with Crippen molar-refractivity contribution in [1.29, 1.82) is 0 Å². The molecule has 28 heavy (non-hydrogen) atoms. The van der Waals surface area contributed by atoms with Gasteiger partial charge in [-0.15, -0.1) is 0 Å². The molecule has 0 saturated carbocycles. The van der Waals surface area contributed by atoms with E-state index in [0.29, 0.717) is 15.7 Å². The molecule has 2 N–H and O–H groups in total. The molecule has 0 fully saturated rings. The molecule has 0 aliphatic heterocycles. The second-order valence-corrected chi connectivity index (χ2v) is 7.81. The van der Waals surface area contributed by atoms with Gasteiger partial charge in [0, 0.05) is 5.69 Å². The Kier molecular flexibility index (Phi) is 7.47. The number of likely N-dealkylation sites (N-methyl/N-ethyl adjacent to an activating group) is 1. The monoisotopic (exact) mass is 421 g/mol. The van der Waals surface area contributed by atoms with Crippen LogP contribution >= 0.6 is 23.2 Å². The van der Waals surface area contributed by atoms with Crippen LogP contribution in [0, 0.1) is 20.8 Å². The van der Waals surface area contributed by atoms with Gasteiger partial charge in [0.2, 0.25) is 11.8 Å². The number of halogens is 2. The van der Waals surface area contributed by atoms with Crippen LogP contribution in [0.1, 0.15) is 23.6 Å². The molecule has 0 aromatic heterocycles. The molecule has 2 aromatic carbocycles. The van der Waals surface area contributed by atoms with Crippen molar-refractivity contribution >= 4 is 46.4 Å². The first-order valence-electron chi connectivity index (χ1n) is 8.93. The Morgan fingerprint density at radius 3 is 2.07 bits per heavy atom. The summed E-state index contributed by atoms with van der Waals surface area (Å²) in [4.78, 5) is 26.7. The van der Waals surface area contributed by atoms with Crippen LogP contribution in [0.4, 0.5) is 11.4 Å². The van der Waals surface area contributed by atoms with Crippen LogP contribution in [-0.4, -0.2) is 36.3 Å². The van der Waals surface area contributed by atoms with E-state index in [1.165, 1.54) is 0 Å². The first kappa shape index (κ1) is 22.2. The molecule has 0 bridgehead atoms. The minimum atomic E-state index is -0.507. The molecule has 2 amide bonds. The van der Waals surface area contributed by atoms with Crippen molar-refractivity contribution in [3.8, 4) is 0 Å². The summed E-state index contributed by atoms with van der Waals surface area (Å²) < 4.78 is 0. The van der Waals surface area contributed by atoms with Crippen molar-refractivity contribution in [3.05, 3.63) is 57.1 Å². The predicted molar refractivity (Wildman–Crippen MR) is 116 cm³/mol. The van der Waals surface area contributed by atoms with Crippen LogP contribution in [0.15, 0.2) is 30.3 Å². The molecular weight excluding hydrogens is 397 g/mol. The van der Waals surface area contributed by atoms with Crippen molar-refractivity contribution in [1.82, 2.24) is 4.90 Å². The average molecular weight is 422 g/mol. The van der Waals surface area contributed by atoms with Crippen LogP contribution in [-0.2, 0) is 9.59 Å². The first-order valence-corrected chi connectivity index (χ1v) is 9.68. The number of hydrogen-bond donors (Lipinski definition) is 2. The van der Waals surface area contributed by atoms with Gasteiger partial charge < -0.3 is 10.6 Å². The van der Waals surface area contributed by atoms with Gasteiger partial charge in [0.05, 0.1) is 28.3 Å². The molecule has 0 heterocycles. The second-order valence-electron chi connectivity index (χ2n) is 7.00. The topological polar surface area (TPSA) is 61.4 Å². The first-order chi connectivity index (χ1) is 13.1. The Morgan fingerprint density at radius 2 is 1.54 bits per heavy atom. The van der Waals surface area contributed by atoms with Gasteiger partial charge >= 0.3 is 0 Å². The van der Waals surface area contributed by atoms with E-state index in [1.54, 1.807) is 37.1 Å². The second kappa shape index (κ2) is 9.41. The fourth-order valence-electron chi connectivity index (χ4n) is 2.96. The molecule has 0 aliphatic rings. The van der Waals surface area contributed by atoms with E-state index >= 15 is 0 Å². The molecule has 7 heteroatoms. The number of carbonyl (C=O) groups excluding carboxylic acids is 2. The molecule has 150 valence electrons. The van der Waals surface area contributed by atoms with E-state index in [4.69, 9.17) is 23.2 Å². The highest BCUT2D eigenvalue weighted by Crippen LogP contribution is 2.29. The van der Waals surface area contributed by atoms with E-state index < -0.39 is 6.04 Å². The lowest BCUT2D eigenvalue weighted by Crippen LogP contribution is -2.43. The highest BCUT2D eigenvalue weighted by Gasteiger charge is 2.22. The van der Waals surface area contributed by atoms with Crippen LogP contribution in [0.25, 0.3) is 0 Å². The number of nitrogens with zero attached hydrogens (tertiary/aromatic N) is 1. The van der Waals surface area contributed by atoms with Crippen molar-refractivity contribution in [2.45, 2.75) is 33.7 Å². The molecule has 0 radical (unpaired) electrons. The molecule has 0 saturated heterocycles. The minimum absolute atomic E-state index is 0.0159. The van der Waals surface area contributed by atoms with Crippen LogP contribution in [0.5, 0.6) is 0 Å². The molecule has 0 spiro atoms. The van der Waals surface area contributed by atoms with Gasteiger partial charge in [0.1, 0.15) is 0 Å². The van der Waals surface area contributed by atoms with Gasteiger partial charge in [-0.05, 0) is 58.0 Å². The zero-order chi connectivity index (χ0) is 21.0. The Morgan fingerprint density at radius 1 is 1.00 bits per heavy atom. The van der Waals surface area contributed by atoms with E-state index in [-0.39, 0.29) is 18.4 Å². The maximum atomic E-state index is 12.7. The molecule has 2 aromatic rings. The Balaban J connectivity index is 2.01. The Hall–Kier alpha value is -2.08. The van der Waals surface area contributed by atoms with Crippen LogP contribution < -0.4 is 10.6 Å². The highest BCUT2D eigenvalue weighted by atomic mass is 35.5. The average Bonchev–Trinajstić information content (AvgIpc) is 2.60. The van der Waals surface area contributed by atoms with E-state index in [1.807, 2.05) is 32.9 Å². The molecule has 0 aliphatic carbocycles. The number of benzene rings is 2. The molecule has 2 rings (SSSR count). The lowest BCUT2D eigenvalue weighted by Gasteiger charge is -2.24. The van der Waals surface area contributed by atoms with Crippen LogP contribution in [0.3, 0.4) is 0 Å². The largest absolute Gasteiger partial charge is 0.324 e. The van der Waals surface area contributed by atoms with Gasteiger partial charge in [-0.25, -0.2) is 0 Å². The summed E-state index contributed by atoms with van der Waals surface area (Å²) in [5.74, 6) is -0.485. The SMILES string of the molecule is Cc1cc(C)c(NC(=O)[C@@H](C)N(C)CC(=O)Nc2c(Cl)cccc2Cl)c(C)c1. The highest BCUT2D eigenvalue weighted by molar-refractivity contribution is 6.39. The molecular formula is C21H25Cl2N3O2. The van der Waals surface area contributed by atoms with Gasteiger partial charge in [0.15, 0.2) is 0 Å². The number of carbonyl (C=O) groups is 2. The molecule has 5 nitrogen and oxygen atoms in total. The zero-order valence-corrected chi connectivity index (χ0v) is 18.2. The summed E-state index contributed by atoms with van der Waals surface area (Å²) >= 11 is 12.2. The van der Waals surface area contributed by atoms with E-state index in [9.17, 15) is 9.59 Å². The van der Waals surface area contributed by atoms with Crippen molar-refractivity contribution < 1.29 is 9.59 Å². The predicted octanol–water partition coefficient (Wildman–Crippen LogP) is 4.82.